The van der Waals surface area contributed by atoms with Crippen molar-refractivity contribution in [2.24, 2.45) is 15.7 Å². The lowest BCUT2D eigenvalue weighted by molar-refractivity contribution is 1.34. The molecule has 0 aliphatic heterocycles. The van der Waals surface area contributed by atoms with Crippen molar-refractivity contribution in [3.8, 4) is 0 Å². The van der Waals surface area contributed by atoms with E-state index in [1.807, 2.05) is 38.1 Å². The van der Waals surface area contributed by atoms with Gasteiger partial charge in [-0.25, -0.2) is 9.98 Å². The second-order valence-corrected chi connectivity index (χ2v) is 5.37. The summed E-state index contributed by atoms with van der Waals surface area (Å²) < 4.78 is 0. The Morgan fingerprint density at radius 3 is 2.14 bits per heavy atom. The van der Waals surface area contributed by atoms with E-state index in [2.05, 4.69) is 36.0 Å². The lowest BCUT2D eigenvalue weighted by Crippen LogP contribution is -2.15. The van der Waals surface area contributed by atoms with E-state index in [-0.39, 0.29) is 0 Å². The van der Waals surface area contributed by atoms with E-state index in [4.69, 9.17) is 5.73 Å². The highest BCUT2D eigenvalue weighted by Crippen LogP contribution is 2.18. The van der Waals surface area contributed by atoms with Gasteiger partial charge < -0.3 is 5.73 Å². The number of aryl methyl sites for hydroxylation is 4. The van der Waals surface area contributed by atoms with Gasteiger partial charge in [0.2, 0.25) is 0 Å². The minimum absolute atomic E-state index is 0.487. The highest BCUT2D eigenvalue weighted by molar-refractivity contribution is 6.02. The van der Waals surface area contributed by atoms with E-state index >= 15 is 0 Å². The molecule has 0 fully saturated rings. The van der Waals surface area contributed by atoms with E-state index < -0.39 is 0 Å². The minimum Gasteiger partial charge on any atom is -0.383 e. The number of amidine groups is 1. The summed E-state index contributed by atoms with van der Waals surface area (Å²) >= 11 is 0. The summed E-state index contributed by atoms with van der Waals surface area (Å²) in [6, 6.07) is 12.3. The van der Waals surface area contributed by atoms with Crippen molar-refractivity contribution in [1.29, 1.82) is 0 Å². The van der Waals surface area contributed by atoms with E-state index in [0.29, 0.717) is 5.84 Å². The molecular formula is C18H21N3. The van der Waals surface area contributed by atoms with Crippen molar-refractivity contribution >= 4 is 17.9 Å². The monoisotopic (exact) mass is 279 g/mol. The van der Waals surface area contributed by atoms with Crippen LogP contribution in [0.2, 0.25) is 0 Å². The van der Waals surface area contributed by atoms with E-state index in [9.17, 15) is 0 Å². The Bertz CT molecular complexity index is 712. The third-order valence-electron chi connectivity index (χ3n) is 3.40. The molecular weight excluding hydrogens is 258 g/mol. The number of nitrogens with zero attached hydrogens (tertiary/aromatic N) is 2. The predicted molar refractivity (Wildman–Crippen MR) is 90.7 cm³/mol. The molecule has 0 spiro atoms. The summed E-state index contributed by atoms with van der Waals surface area (Å²) in [5.41, 5.74) is 12.6. The van der Waals surface area contributed by atoms with Gasteiger partial charge in [0.1, 0.15) is 12.2 Å². The predicted octanol–water partition coefficient (Wildman–Crippen LogP) is 3.99. The fourth-order valence-corrected chi connectivity index (χ4v) is 2.27. The topological polar surface area (TPSA) is 50.7 Å². The average Bonchev–Trinajstić information content (AvgIpc) is 2.41. The molecule has 2 N–H and O–H groups in total. The van der Waals surface area contributed by atoms with Crippen LogP contribution in [0.1, 0.15) is 27.8 Å². The standard InChI is InChI=1S/C18H21N3/c1-12-5-7-16(14(3)9-12)18(19)21-11-20-17-8-6-13(2)10-15(17)4/h5-11H,1-4H3,(H2,19,20,21). The zero-order valence-corrected chi connectivity index (χ0v) is 13.0. The summed E-state index contributed by atoms with van der Waals surface area (Å²) in [7, 11) is 0. The number of benzene rings is 2. The molecule has 108 valence electrons. The molecule has 0 radical (unpaired) electrons. The first-order chi connectivity index (χ1) is 9.97. The molecule has 0 saturated heterocycles. The van der Waals surface area contributed by atoms with Crippen molar-refractivity contribution < 1.29 is 0 Å². The molecule has 2 rings (SSSR count). The largest absolute Gasteiger partial charge is 0.383 e. The average molecular weight is 279 g/mol. The highest BCUT2D eigenvalue weighted by atomic mass is 14.9. The van der Waals surface area contributed by atoms with Crippen molar-refractivity contribution in [3.63, 3.8) is 0 Å². The normalized spacial score (nSPS) is 12.1. The Hall–Kier alpha value is -2.42. The van der Waals surface area contributed by atoms with Gasteiger partial charge in [0, 0.05) is 5.56 Å². The Balaban J connectivity index is 2.21. The minimum atomic E-state index is 0.487. The van der Waals surface area contributed by atoms with Crippen LogP contribution in [0.15, 0.2) is 46.4 Å². The maximum absolute atomic E-state index is 6.03. The molecule has 0 amide bonds. The van der Waals surface area contributed by atoms with Crippen LogP contribution in [0.5, 0.6) is 0 Å². The van der Waals surface area contributed by atoms with Gasteiger partial charge in [0.15, 0.2) is 0 Å². The molecule has 3 nitrogen and oxygen atoms in total. The quantitative estimate of drug-likeness (QED) is 0.670. The van der Waals surface area contributed by atoms with Crippen LogP contribution in [-0.2, 0) is 0 Å². The van der Waals surface area contributed by atoms with Gasteiger partial charge in [-0.05, 0) is 44.9 Å². The maximum Gasteiger partial charge on any atom is 0.132 e. The Kier molecular flexibility index (Phi) is 4.53. The van der Waals surface area contributed by atoms with Crippen LogP contribution in [-0.4, -0.2) is 12.2 Å². The molecule has 3 heteroatoms. The summed E-state index contributed by atoms with van der Waals surface area (Å²) in [5, 5.41) is 0. The Morgan fingerprint density at radius 2 is 1.52 bits per heavy atom. The third kappa shape index (κ3) is 3.78. The number of nitrogens with two attached hydrogens (primary N) is 1. The zero-order chi connectivity index (χ0) is 15.4. The third-order valence-corrected chi connectivity index (χ3v) is 3.40. The number of aliphatic imine (C=N–C) groups is 2. The SMILES string of the molecule is Cc1ccc(N=CN=C(N)c2ccc(C)cc2C)c(C)c1. The van der Waals surface area contributed by atoms with Gasteiger partial charge in [0.05, 0.1) is 5.69 Å². The summed E-state index contributed by atoms with van der Waals surface area (Å²) in [6.07, 6.45) is 1.52. The molecule has 0 atom stereocenters. The second-order valence-electron chi connectivity index (χ2n) is 5.37. The van der Waals surface area contributed by atoms with E-state index in [1.54, 1.807) is 0 Å². The van der Waals surface area contributed by atoms with E-state index in [1.165, 1.54) is 17.5 Å². The molecule has 2 aromatic carbocycles. The molecule has 0 aromatic heterocycles. The van der Waals surface area contributed by atoms with Crippen molar-refractivity contribution in [2.75, 3.05) is 0 Å². The first-order valence-electron chi connectivity index (χ1n) is 6.98. The van der Waals surface area contributed by atoms with Crippen LogP contribution in [0.3, 0.4) is 0 Å². The fraction of sp³-hybridized carbons (Fsp3) is 0.222. The lowest BCUT2D eigenvalue weighted by atomic mass is 10.1. The molecule has 2 aromatic rings. The maximum atomic E-state index is 6.03. The van der Waals surface area contributed by atoms with Crippen molar-refractivity contribution in [2.45, 2.75) is 27.7 Å². The second kappa shape index (κ2) is 6.35. The lowest BCUT2D eigenvalue weighted by Gasteiger charge is -2.05. The summed E-state index contributed by atoms with van der Waals surface area (Å²) in [5.74, 6) is 0.487. The Labute approximate surface area is 126 Å². The molecule has 0 unspecified atom stereocenters. The van der Waals surface area contributed by atoms with Gasteiger partial charge in [-0.15, -0.1) is 0 Å². The van der Waals surface area contributed by atoms with Crippen LogP contribution in [0, 0.1) is 27.7 Å². The zero-order valence-electron chi connectivity index (χ0n) is 13.0. The molecule has 0 bridgehead atoms. The van der Waals surface area contributed by atoms with Crippen LogP contribution >= 0.6 is 0 Å². The van der Waals surface area contributed by atoms with Gasteiger partial charge in [-0.1, -0.05) is 41.5 Å². The summed E-state index contributed by atoms with van der Waals surface area (Å²) in [6.45, 7) is 8.20. The Morgan fingerprint density at radius 1 is 0.905 bits per heavy atom. The highest BCUT2D eigenvalue weighted by Gasteiger charge is 2.02. The van der Waals surface area contributed by atoms with Crippen LogP contribution in [0.25, 0.3) is 0 Å². The van der Waals surface area contributed by atoms with Gasteiger partial charge in [-0.2, -0.15) is 0 Å². The summed E-state index contributed by atoms with van der Waals surface area (Å²) in [4.78, 5) is 8.61. The molecule has 0 aliphatic carbocycles. The molecule has 21 heavy (non-hydrogen) atoms. The van der Waals surface area contributed by atoms with Crippen molar-refractivity contribution in [1.82, 2.24) is 0 Å². The van der Waals surface area contributed by atoms with Gasteiger partial charge in [-0.3, -0.25) is 0 Å². The molecule has 0 saturated carbocycles. The van der Waals surface area contributed by atoms with Crippen LogP contribution in [0.4, 0.5) is 5.69 Å². The van der Waals surface area contributed by atoms with Crippen LogP contribution < -0.4 is 5.73 Å². The number of hydrogen-bond donors (Lipinski definition) is 1. The van der Waals surface area contributed by atoms with Gasteiger partial charge in [0.25, 0.3) is 0 Å². The smallest absolute Gasteiger partial charge is 0.132 e. The van der Waals surface area contributed by atoms with Crippen molar-refractivity contribution in [3.05, 3.63) is 64.2 Å². The molecule has 0 heterocycles. The first kappa shape index (κ1) is 15.0. The number of rotatable bonds is 3. The van der Waals surface area contributed by atoms with Gasteiger partial charge >= 0.3 is 0 Å². The number of hydrogen-bond acceptors (Lipinski definition) is 1. The molecule has 0 aliphatic rings. The first-order valence-corrected chi connectivity index (χ1v) is 6.98. The van der Waals surface area contributed by atoms with E-state index in [0.717, 1.165) is 22.4 Å². The fourth-order valence-electron chi connectivity index (χ4n) is 2.27.